The molecule has 1 aromatic heterocycles. The Bertz CT molecular complexity index is 335. The molecule has 0 radical (unpaired) electrons. The van der Waals surface area contributed by atoms with Gasteiger partial charge in [0.15, 0.2) is 0 Å². The van der Waals surface area contributed by atoms with Crippen LogP contribution in [-0.4, -0.2) is 17.1 Å². The van der Waals surface area contributed by atoms with Crippen LogP contribution < -0.4 is 5.32 Å². The molecular formula is C13H21NO2S. The van der Waals surface area contributed by atoms with Crippen LogP contribution in [0, 0.1) is 5.92 Å². The minimum Gasteiger partial charge on any atom is -0.480 e. The molecule has 0 aliphatic carbocycles. The standard InChI is InChI=1S/C13H21NO2S/c1-4-6-10(11-7-5-8-17-11)14-12(9(2)3)13(15)16/h5,7-10,12,14H,4,6H2,1-3H3,(H,15,16). The lowest BCUT2D eigenvalue weighted by molar-refractivity contribution is -0.140. The highest BCUT2D eigenvalue weighted by molar-refractivity contribution is 7.10. The predicted octanol–water partition coefficient (Wildman–Crippen LogP) is 3.29. The lowest BCUT2D eigenvalue weighted by atomic mass is 10.0. The molecule has 3 nitrogen and oxygen atoms in total. The molecule has 1 rings (SSSR count). The van der Waals surface area contributed by atoms with E-state index in [1.807, 2.05) is 25.3 Å². The number of carbonyl (C=O) groups is 1. The van der Waals surface area contributed by atoms with Crippen LogP contribution in [-0.2, 0) is 4.79 Å². The maximum absolute atomic E-state index is 11.2. The minimum absolute atomic E-state index is 0.0896. The van der Waals surface area contributed by atoms with Gasteiger partial charge in [-0.2, -0.15) is 0 Å². The number of hydrogen-bond donors (Lipinski definition) is 2. The summed E-state index contributed by atoms with van der Waals surface area (Å²) in [6, 6.07) is 3.75. The molecule has 0 bridgehead atoms. The van der Waals surface area contributed by atoms with Crippen LogP contribution in [0.2, 0.25) is 0 Å². The summed E-state index contributed by atoms with van der Waals surface area (Å²) in [4.78, 5) is 12.4. The largest absolute Gasteiger partial charge is 0.480 e. The lowest BCUT2D eigenvalue weighted by Crippen LogP contribution is -2.42. The van der Waals surface area contributed by atoms with E-state index in [0.29, 0.717) is 0 Å². The molecule has 2 N–H and O–H groups in total. The van der Waals surface area contributed by atoms with E-state index in [0.717, 1.165) is 12.8 Å². The molecule has 96 valence electrons. The van der Waals surface area contributed by atoms with Crippen LogP contribution in [0.4, 0.5) is 0 Å². The third kappa shape index (κ3) is 4.13. The summed E-state index contributed by atoms with van der Waals surface area (Å²) in [7, 11) is 0. The Hall–Kier alpha value is -0.870. The normalized spacial score (nSPS) is 14.8. The van der Waals surface area contributed by atoms with E-state index in [1.165, 1.54) is 4.88 Å². The molecule has 17 heavy (non-hydrogen) atoms. The number of carboxylic acid groups (broad SMARTS) is 1. The fourth-order valence-corrected chi connectivity index (χ4v) is 2.67. The molecule has 4 heteroatoms. The quantitative estimate of drug-likeness (QED) is 0.786. The summed E-state index contributed by atoms with van der Waals surface area (Å²) in [6.07, 6.45) is 2.01. The van der Waals surface area contributed by atoms with Crippen molar-refractivity contribution in [1.29, 1.82) is 0 Å². The zero-order valence-corrected chi connectivity index (χ0v) is 11.5. The molecule has 0 fully saturated rings. The van der Waals surface area contributed by atoms with Crippen molar-refractivity contribution in [2.75, 3.05) is 0 Å². The van der Waals surface area contributed by atoms with Crippen LogP contribution in [0.3, 0.4) is 0 Å². The molecule has 0 aromatic carbocycles. The molecule has 0 spiro atoms. The average molecular weight is 255 g/mol. The van der Waals surface area contributed by atoms with Gasteiger partial charge in [-0.05, 0) is 23.8 Å². The SMILES string of the molecule is CCCC(NC(C(=O)O)C(C)C)c1cccs1. The summed E-state index contributed by atoms with van der Waals surface area (Å²) in [6.45, 7) is 5.99. The first-order chi connectivity index (χ1) is 8.06. The first kappa shape index (κ1) is 14.2. The zero-order valence-electron chi connectivity index (χ0n) is 10.6. The topological polar surface area (TPSA) is 49.3 Å². The number of nitrogens with one attached hydrogen (secondary N) is 1. The van der Waals surface area contributed by atoms with E-state index in [9.17, 15) is 9.90 Å². The lowest BCUT2D eigenvalue weighted by Gasteiger charge is -2.24. The van der Waals surface area contributed by atoms with Gasteiger partial charge in [-0.15, -0.1) is 11.3 Å². The zero-order chi connectivity index (χ0) is 12.8. The van der Waals surface area contributed by atoms with Crippen molar-refractivity contribution in [2.45, 2.75) is 45.7 Å². The Kier molecular flexibility index (Phi) is 5.65. The Morgan fingerprint density at radius 3 is 2.65 bits per heavy atom. The Labute approximate surface area is 107 Å². The second kappa shape index (κ2) is 6.77. The number of rotatable bonds is 7. The number of thiophene rings is 1. The molecule has 0 aliphatic heterocycles. The van der Waals surface area contributed by atoms with E-state index in [4.69, 9.17) is 0 Å². The van der Waals surface area contributed by atoms with E-state index in [-0.39, 0.29) is 12.0 Å². The average Bonchev–Trinajstić information content (AvgIpc) is 2.76. The second-order valence-electron chi connectivity index (χ2n) is 4.58. The van der Waals surface area contributed by atoms with E-state index < -0.39 is 12.0 Å². The predicted molar refractivity (Wildman–Crippen MR) is 71.4 cm³/mol. The molecule has 0 aliphatic rings. The second-order valence-corrected chi connectivity index (χ2v) is 5.56. The monoisotopic (exact) mass is 255 g/mol. The Balaban J connectivity index is 2.75. The van der Waals surface area contributed by atoms with Crippen molar-refractivity contribution >= 4 is 17.3 Å². The first-order valence-corrected chi connectivity index (χ1v) is 6.96. The van der Waals surface area contributed by atoms with Crippen molar-refractivity contribution in [1.82, 2.24) is 5.32 Å². The third-order valence-corrected chi connectivity index (χ3v) is 3.76. The molecule has 2 atom stereocenters. The van der Waals surface area contributed by atoms with Crippen molar-refractivity contribution < 1.29 is 9.90 Å². The highest BCUT2D eigenvalue weighted by atomic mass is 32.1. The van der Waals surface area contributed by atoms with Gasteiger partial charge in [0.25, 0.3) is 0 Å². The van der Waals surface area contributed by atoms with Crippen molar-refractivity contribution in [3.05, 3.63) is 22.4 Å². The van der Waals surface area contributed by atoms with Gasteiger partial charge in [-0.25, -0.2) is 0 Å². The van der Waals surface area contributed by atoms with E-state index in [1.54, 1.807) is 11.3 Å². The summed E-state index contributed by atoms with van der Waals surface area (Å²) >= 11 is 1.68. The molecule has 1 aromatic rings. The van der Waals surface area contributed by atoms with Crippen LogP contribution in [0.25, 0.3) is 0 Å². The molecule has 0 saturated heterocycles. The summed E-state index contributed by atoms with van der Waals surface area (Å²) in [5, 5.41) is 14.5. The highest BCUT2D eigenvalue weighted by Crippen LogP contribution is 2.24. The number of aliphatic carboxylic acids is 1. The fraction of sp³-hybridized carbons (Fsp3) is 0.615. The van der Waals surface area contributed by atoms with Gasteiger partial charge in [-0.3, -0.25) is 10.1 Å². The molecular weight excluding hydrogens is 234 g/mol. The molecule has 2 unspecified atom stereocenters. The Morgan fingerprint density at radius 2 is 2.24 bits per heavy atom. The molecule has 1 heterocycles. The van der Waals surface area contributed by atoms with Gasteiger partial charge in [0.1, 0.15) is 6.04 Å². The van der Waals surface area contributed by atoms with Crippen molar-refractivity contribution in [3.8, 4) is 0 Å². The van der Waals surface area contributed by atoms with Crippen molar-refractivity contribution in [3.63, 3.8) is 0 Å². The maximum Gasteiger partial charge on any atom is 0.320 e. The minimum atomic E-state index is -0.766. The van der Waals surface area contributed by atoms with Gasteiger partial charge in [0.2, 0.25) is 0 Å². The molecule has 0 amide bonds. The number of hydrogen-bond acceptors (Lipinski definition) is 3. The number of carboxylic acids is 1. The van der Waals surface area contributed by atoms with Gasteiger partial charge in [-0.1, -0.05) is 33.3 Å². The summed E-state index contributed by atoms with van der Waals surface area (Å²) in [5.41, 5.74) is 0. The van der Waals surface area contributed by atoms with Crippen LogP contribution in [0.5, 0.6) is 0 Å². The van der Waals surface area contributed by atoms with Gasteiger partial charge < -0.3 is 5.11 Å². The fourth-order valence-electron chi connectivity index (χ4n) is 1.85. The van der Waals surface area contributed by atoms with Crippen LogP contribution in [0.1, 0.15) is 44.5 Å². The maximum atomic E-state index is 11.2. The smallest absolute Gasteiger partial charge is 0.320 e. The van der Waals surface area contributed by atoms with E-state index in [2.05, 4.69) is 18.3 Å². The highest BCUT2D eigenvalue weighted by Gasteiger charge is 2.25. The van der Waals surface area contributed by atoms with Gasteiger partial charge in [0, 0.05) is 10.9 Å². The molecule has 0 saturated carbocycles. The van der Waals surface area contributed by atoms with Gasteiger partial charge >= 0.3 is 5.97 Å². The van der Waals surface area contributed by atoms with E-state index >= 15 is 0 Å². The Morgan fingerprint density at radius 1 is 1.53 bits per heavy atom. The van der Waals surface area contributed by atoms with Crippen LogP contribution >= 0.6 is 11.3 Å². The summed E-state index contributed by atoms with van der Waals surface area (Å²) < 4.78 is 0. The van der Waals surface area contributed by atoms with Crippen molar-refractivity contribution in [2.24, 2.45) is 5.92 Å². The van der Waals surface area contributed by atoms with Gasteiger partial charge in [0.05, 0.1) is 0 Å². The van der Waals surface area contributed by atoms with Crippen LogP contribution in [0.15, 0.2) is 17.5 Å². The third-order valence-electron chi connectivity index (χ3n) is 2.78. The first-order valence-electron chi connectivity index (χ1n) is 6.08. The summed E-state index contributed by atoms with van der Waals surface area (Å²) in [5.74, 6) is -0.676.